The third-order valence-corrected chi connectivity index (χ3v) is 1.70. The third kappa shape index (κ3) is 8.72. The predicted molar refractivity (Wildman–Crippen MR) is 87.7 cm³/mol. The fourth-order valence-electron chi connectivity index (χ4n) is 0.993. The lowest BCUT2D eigenvalue weighted by atomic mass is 10.2. The lowest BCUT2D eigenvalue weighted by Crippen LogP contribution is -2.21. The molecule has 0 unspecified atom stereocenters. The molecule has 1 aromatic rings. The van der Waals surface area contributed by atoms with Crippen molar-refractivity contribution in [2.75, 3.05) is 0 Å². The molecule has 0 aliphatic carbocycles. The van der Waals surface area contributed by atoms with Gasteiger partial charge in [0.25, 0.3) is 0 Å². The average molecular weight is 319 g/mol. The topological polar surface area (TPSA) is 154 Å². The Bertz CT molecular complexity index is 451. The second-order valence-electron chi connectivity index (χ2n) is 3.21. The van der Waals surface area contributed by atoms with E-state index in [1.807, 2.05) is 24.3 Å². The number of nitrogens with two attached hydrogens (primary N) is 4. The second-order valence-corrected chi connectivity index (χ2v) is 3.21. The minimum Gasteiger partial charge on any atom is -0.369 e. The van der Waals surface area contributed by atoms with Crippen LogP contribution < -0.4 is 22.9 Å². The van der Waals surface area contributed by atoms with Crippen LogP contribution in [0.1, 0.15) is 11.1 Å². The quantitative estimate of drug-likeness (QED) is 0.343. The van der Waals surface area contributed by atoms with Crippen LogP contribution in [0.15, 0.2) is 44.7 Å². The molecule has 0 spiro atoms. The van der Waals surface area contributed by atoms with Crippen molar-refractivity contribution in [3.63, 3.8) is 0 Å². The van der Waals surface area contributed by atoms with E-state index in [2.05, 4.69) is 20.4 Å². The van der Waals surface area contributed by atoms with Crippen molar-refractivity contribution in [3.05, 3.63) is 35.4 Å². The fourth-order valence-corrected chi connectivity index (χ4v) is 0.993. The molecule has 1 rings (SSSR count). The molecule has 0 amide bonds. The molecular weight excluding hydrogens is 303 g/mol. The molecule has 8 nitrogen and oxygen atoms in total. The van der Waals surface area contributed by atoms with E-state index in [4.69, 9.17) is 22.9 Å². The lowest BCUT2D eigenvalue weighted by Gasteiger charge is -1.93. The smallest absolute Gasteiger partial charge is 0.211 e. The van der Waals surface area contributed by atoms with Crippen LogP contribution in [0.5, 0.6) is 0 Å². The highest BCUT2D eigenvalue weighted by atomic mass is 35.5. The van der Waals surface area contributed by atoms with Crippen molar-refractivity contribution in [1.82, 2.24) is 0 Å². The Morgan fingerprint density at radius 3 is 1.25 bits per heavy atom. The van der Waals surface area contributed by atoms with Gasteiger partial charge < -0.3 is 22.9 Å². The molecule has 0 bridgehead atoms. The number of hydrogen-bond donors (Lipinski definition) is 4. The van der Waals surface area contributed by atoms with Gasteiger partial charge in [-0.25, -0.2) is 0 Å². The van der Waals surface area contributed by atoms with E-state index < -0.39 is 0 Å². The maximum atomic E-state index is 5.12. The Hall–Kier alpha value is -2.32. The van der Waals surface area contributed by atoms with Gasteiger partial charge in [-0.2, -0.15) is 10.2 Å². The Morgan fingerprint density at radius 1 is 0.700 bits per heavy atom. The molecule has 0 radical (unpaired) electrons. The molecule has 20 heavy (non-hydrogen) atoms. The van der Waals surface area contributed by atoms with Crippen molar-refractivity contribution in [3.8, 4) is 0 Å². The van der Waals surface area contributed by atoms with E-state index in [1.54, 1.807) is 0 Å². The van der Waals surface area contributed by atoms with Gasteiger partial charge in [0.05, 0.1) is 12.4 Å². The Labute approximate surface area is 128 Å². The second kappa shape index (κ2) is 10.6. The zero-order valence-electron chi connectivity index (χ0n) is 10.4. The number of nitrogens with zero attached hydrogens (tertiary/aromatic N) is 4. The third-order valence-electron chi connectivity index (χ3n) is 1.70. The Balaban J connectivity index is 0. The molecule has 0 fully saturated rings. The van der Waals surface area contributed by atoms with Crippen LogP contribution in [0, 0.1) is 0 Å². The maximum Gasteiger partial charge on any atom is 0.211 e. The molecule has 0 saturated heterocycles. The Morgan fingerprint density at radius 2 is 1.00 bits per heavy atom. The minimum atomic E-state index is -0.0905. The molecule has 10 heteroatoms. The molecule has 0 heterocycles. The standard InChI is InChI=1S/C10H14N8.2ClH/c11-9(12)17-15-5-7-1-2-8(4-3-7)6-16-18-10(13)14;;/h1-6H,(H4,11,12,17)(H4,13,14,18);2*1H. The van der Waals surface area contributed by atoms with Gasteiger partial charge >= 0.3 is 0 Å². The normalized spacial score (nSPS) is 9.60. The molecular formula is C10H16Cl2N8. The molecule has 1 aromatic carbocycles. The number of guanidine groups is 2. The van der Waals surface area contributed by atoms with Crippen LogP contribution >= 0.6 is 24.8 Å². The Kier molecular flexibility index (Phi) is 10.6. The summed E-state index contributed by atoms with van der Waals surface area (Å²) in [5.74, 6) is -0.181. The van der Waals surface area contributed by atoms with Crippen LogP contribution in [-0.4, -0.2) is 24.3 Å². The summed E-state index contributed by atoms with van der Waals surface area (Å²) >= 11 is 0. The van der Waals surface area contributed by atoms with E-state index in [1.165, 1.54) is 12.4 Å². The highest BCUT2D eigenvalue weighted by Gasteiger charge is 1.89. The highest BCUT2D eigenvalue weighted by molar-refractivity contribution is 5.86. The number of rotatable bonds is 4. The first-order chi connectivity index (χ1) is 8.58. The highest BCUT2D eigenvalue weighted by Crippen LogP contribution is 2.00. The zero-order chi connectivity index (χ0) is 13.4. The van der Waals surface area contributed by atoms with Crippen molar-refractivity contribution < 1.29 is 0 Å². The van der Waals surface area contributed by atoms with Crippen molar-refractivity contribution in [1.29, 1.82) is 0 Å². The molecule has 8 N–H and O–H groups in total. The van der Waals surface area contributed by atoms with E-state index in [0.29, 0.717) is 0 Å². The van der Waals surface area contributed by atoms with Crippen LogP contribution in [-0.2, 0) is 0 Å². The van der Waals surface area contributed by atoms with Crippen molar-refractivity contribution in [2.45, 2.75) is 0 Å². The summed E-state index contributed by atoms with van der Waals surface area (Å²) in [6.07, 6.45) is 3.05. The van der Waals surface area contributed by atoms with Crippen LogP contribution in [0.4, 0.5) is 0 Å². The molecule has 0 aliphatic heterocycles. The summed E-state index contributed by atoms with van der Waals surface area (Å²) in [4.78, 5) is 0. The SMILES string of the molecule is Cl.Cl.NC(N)=NN=Cc1ccc(C=NN=C(N)N)cc1. The zero-order valence-corrected chi connectivity index (χ0v) is 12.0. The molecule has 0 aliphatic rings. The largest absolute Gasteiger partial charge is 0.369 e. The van der Waals surface area contributed by atoms with Gasteiger partial charge in [0.2, 0.25) is 11.9 Å². The van der Waals surface area contributed by atoms with Crippen molar-refractivity contribution >= 4 is 49.2 Å². The summed E-state index contributed by atoms with van der Waals surface area (Å²) in [7, 11) is 0. The van der Waals surface area contributed by atoms with Crippen molar-refractivity contribution in [2.24, 2.45) is 43.3 Å². The number of halogens is 2. The number of benzene rings is 1. The van der Waals surface area contributed by atoms with E-state index in [-0.39, 0.29) is 36.7 Å². The summed E-state index contributed by atoms with van der Waals surface area (Å²) in [6.45, 7) is 0. The van der Waals surface area contributed by atoms with Gasteiger partial charge in [0, 0.05) is 0 Å². The first-order valence-corrected chi connectivity index (χ1v) is 4.92. The summed E-state index contributed by atoms with van der Waals surface area (Å²) < 4.78 is 0. The van der Waals surface area contributed by atoms with Crippen LogP contribution in [0.3, 0.4) is 0 Å². The summed E-state index contributed by atoms with van der Waals surface area (Å²) in [6, 6.07) is 7.29. The van der Waals surface area contributed by atoms with Gasteiger partial charge in [0.1, 0.15) is 0 Å². The van der Waals surface area contributed by atoms with E-state index >= 15 is 0 Å². The van der Waals surface area contributed by atoms with Gasteiger partial charge in [-0.05, 0) is 11.1 Å². The molecule has 0 atom stereocenters. The summed E-state index contributed by atoms with van der Waals surface area (Å²) in [5.41, 5.74) is 22.2. The van der Waals surface area contributed by atoms with E-state index in [0.717, 1.165) is 11.1 Å². The molecule has 0 saturated carbocycles. The van der Waals surface area contributed by atoms with Gasteiger partial charge in [-0.15, -0.1) is 35.0 Å². The predicted octanol–water partition coefficient (Wildman–Crippen LogP) is -0.255. The summed E-state index contributed by atoms with van der Waals surface area (Å²) in [5, 5.41) is 14.3. The molecule has 110 valence electrons. The van der Waals surface area contributed by atoms with E-state index in [9.17, 15) is 0 Å². The first-order valence-electron chi connectivity index (χ1n) is 4.92. The van der Waals surface area contributed by atoms with Crippen LogP contribution in [0.25, 0.3) is 0 Å². The maximum absolute atomic E-state index is 5.12. The first kappa shape index (κ1) is 20.0. The lowest BCUT2D eigenvalue weighted by molar-refractivity contribution is 1.21. The van der Waals surface area contributed by atoms with Gasteiger partial charge in [-0.1, -0.05) is 24.3 Å². The number of hydrogen-bond acceptors (Lipinski definition) is 4. The van der Waals surface area contributed by atoms with Gasteiger partial charge in [-0.3, -0.25) is 0 Å². The fraction of sp³-hybridized carbons (Fsp3) is 0. The minimum absolute atomic E-state index is 0. The van der Waals surface area contributed by atoms with Gasteiger partial charge in [0.15, 0.2) is 0 Å². The monoisotopic (exact) mass is 318 g/mol. The molecule has 0 aromatic heterocycles. The average Bonchev–Trinajstić information content (AvgIpc) is 2.30. The van der Waals surface area contributed by atoms with Crippen LogP contribution in [0.2, 0.25) is 0 Å².